The number of carbonyl (C=O) groups excluding carboxylic acids is 1. The molecule has 0 saturated carbocycles. The molecule has 3 aliphatic rings. The summed E-state index contributed by atoms with van der Waals surface area (Å²) in [6, 6.07) is 14.5. The zero-order chi connectivity index (χ0) is 29.6. The molecule has 12 heteroatoms. The number of carbonyl (C=O) groups is 1. The molecule has 1 unspecified atom stereocenters. The fourth-order valence-corrected chi connectivity index (χ4v) is 7.65. The molecule has 0 N–H and O–H groups in total. The molecule has 1 aliphatic carbocycles. The number of aromatic nitrogens is 4. The first kappa shape index (κ1) is 27.6. The summed E-state index contributed by atoms with van der Waals surface area (Å²) in [7, 11) is -3.96. The van der Waals surface area contributed by atoms with Gasteiger partial charge in [0, 0.05) is 38.6 Å². The lowest BCUT2D eigenvalue weighted by Crippen LogP contribution is -2.53. The molecule has 43 heavy (non-hydrogen) atoms. The minimum atomic E-state index is -3.96. The van der Waals surface area contributed by atoms with Gasteiger partial charge in [0.1, 0.15) is 22.2 Å². The lowest BCUT2D eigenvalue weighted by Gasteiger charge is -2.44. The Morgan fingerprint density at radius 3 is 2.49 bits per heavy atom. The molecule has 10 nitrogen and oxygen atoms in total. The number of halogens is 1. The van der Waals surface area contributed by atoms with Crippen molar-refractivity contribution in [2.45, 2.75) is 17.7 Å². The van der Waals surface area contributed by atoms with Gasteiger partial charge in [-0.1, -0.05) is 11.6 Å². The number of sulfonamides is 1. The summed E-state index contributed by atoms with van der Waals surface area (Å²) in [5, 5.41) is 4.55. The third kappa shape index (κ3) is 4.85. The smallest absolute Gasteiger partial charge is 0.244 e. The largest absolute Gasteiger partial charge is 0.378 e. The van der Waals surface area contributed by atoms with Crippen LogP contribution in [0, 0.1) is 11.2 Å². The number of ether oxygens (including phenoxy) is 1. The van der Waals surface area contributed by atoms with Crippen LogP contribution in [-0.4, -0.2) is 77.6 Å². The van der Waals surface area contributed by atoms with Gasteiger partial charge in [-0.15, -0.1) is 0 Å². The van der Waals surface area contributed by atoms with Crippen molar-refractivity contribution in [3.8, 4) is 5.69 Å². The molecule has 0 radical (unpaired) electrons. The van der Waals surface area contributed by atoms with Crippen LogP contribution in [0.5, 0.6) is 0 Å². The predicted octanol–water partition coefficient (Wildman–Crippen LogP) is 3.54. The topological polar surface area (TPSA) is 111 Å². The molecule has 5 heterocycles. The van der Waals surface area contributed by atoms with E-state index in [0.29, 0.717) is 44.2 Å². The zero-order valence-electron chi connectivity index (χ0n) is 23.3. The number of hydrogen-bond acceptors (Lipinski definition) is 8. The Morgan fingerprint density at radius 2 is 1.77 bits per heavy atom. The van der Waals surface area contributed by atoms with Crippen molar-refractivity contribution in [1.29, 1.82) is 0 Å². The lowest BCUT2D eigenvalue weighted by atomic mass is 9.65. The van der Waals surface area contributed by atoms with Gasteiger partial charge >= 0.3 is 0 Å². The van der Waals surface area contributed by atoms with E-state index in [0.717, 1.165) is 16.8 Å². The number of pyridine rings is 2. The highest BCUT2D eigenvalue weighted by molar-refractivity contribution is 7.89. The molecular weight excluding hydrogens is 571 g/mol. The fourth-order valence-electron chi connectivity index (χ4n) is 6.20. The summed E-state index contributed by atoms with van der Waals surface area (Å²) in [5.41, 5.74) is 2.23. The second-order valence-electron chi connectivity index (χ2n) is 11.0. The maximum absolute atomic E-state index is 14.3. The first-order chi connectivity index (χ1) is 20.8. The lowest BCUT2D eigenvalue weighted by molar-refractivity contribution is 0.0770. The predicted molar refractivity (Wildman–Crippen MR) is 157 cm³/mol. The molecule has 2 saturated heterocycles. The van der Waals surface area contributed by atoms with Crippen LogP contribution in [0.4, 0.5) is 10.2 Å². The quantitative estimate of drug-likeness (QED) is 0.309. The van der Waals surface area contributed by atoms with E-state index in [9.17, 15) is 17.6 Å². The molecule has 0 bridgehead atoms. The highest BCUT2D eigenvalue weighted by Crippen LogP contribution is 2.47. The van der Waals surface area contributed by atoms with Crippen LogP contribution in [0.25, 0.3) is 11.8 Å². The number of fused-ring (bicyclic) bond motifs is 2. The van der Waals surface area contributed by atoms with E-state index in [1.165, 1.54) is 22.6 Å². The number of piperidine rings is 1. The number of anilines is 1. The summed E-state index contributed by atoms with van der Waals surface area (Å²) >= 11 is 0. The van der Waals surface area contributed by atoms with E-state index in [1.807, 2.05) is 6.08 Å². The van der Waals surface area contributed by atoms with Gasteiger partial charge in [0.05, 0.1) is 36.2 Å². The minimum absolute atomic E-state index is 0.0387. The molecule has 1 aromatic carbocycles. The second-order valence-corrected chi connectivity index (χ2v) is 12.9. The van der Waals surface area contributed by atoms with E-state index in [2.05, 4.69) is 20.0 Å². The molecule has 2 fully saturated rings. The van der Waals surface area contributed by atoms with Gasteiger partial charge in [-0.25, -0.2) is 22.5 Å². The number of rotatable bonds is 6. The van der Waals surface area contributed by atoms with Crippen molar-refractivity contribution in [3.05, 3.63) is 102 Å². The Labute approximate surface area is 248 Å². The van der Waals surface area contributed by atoms with Crippen LogP contribution in [-0.2, 0) is 21.2 Å². The molecule has 7 rings (SSSR count). The van der Waals surface area contributed by atoms with Crippen molar-refractivity contribution in [1.82, 2.24) is 24.1 Å². The Balaban J connectivity index is 1.25. The van der Waals surface area contributed by atoms with Crippen molar-refractivity contribution >= 4 is 27.7 Å². The summed E-state index contributed by atoms with van der Waals surface area (Å²) in [5.74, 6) is 0.119. The van der Waals surface area contributed by atoms with Gasteiger partial charge in [0.15, 0.2) is 5.78 Å². The first-order valence-electron chi connectivity index (χ1n) is 14.1. The van der Waals surface area contributed by atoms with Crippen LogP contribution in [0.3, 0.4) is 0 Å². The monoisotopic (exact) mass is 600 g/mol. The SMILES string of the molecule is O=C(c1ccccn1)C12Cc3cnn(-c4ccc(F)cc4)c3C=C1CCN(S(=O)(=O)c1ccc(N3CCOCC3)nc1)C2. The van der Waals surface area contributed by atoms with Gasteiger partial charge in [-0.3, -0.25) is 9.78 Å². The van der Waals surface area contributed by atoms with Crippen LogP contribution < -0.4 is 4.90 Å². The standard InChI is InChI=1S/C31H29FN6O4S/c32-24-4-6-25(7-5-24)38-28-17-23-10-12-37(43(40,41)26-8-9-29(34-20-26)36-13-15-42-16-14-36)21-31(23,18-22(28)19-35-38)30(39)27-3-1-2-11-33-27/h1-9,11,17,19-20H,10,12-16,18,21H2. The van der Waals surface area contributed by atoms with Gasteiger partial charge in [-0.05, 0) is 73.0 Å². The number of benzene rings is 1. The molecule has 3 aromatic heterocycles. The number of morpholine rings is 1. The van der Waals surface area contributed by atoms with Crippen molar-refractivity contribution < 1.29 is 22.3 Å². The van der Waals surface area contributed by atoms with Gasteiger partial charge in [-0.2, -0.15) is 9.40 Å². The number of Topliss-reactive ketones (excluding diaryl/α,β-unsaturated/α-hetero) is 1. The van der Waals surface area contributed by atoms with Gasteiger partial charge in [0.25, 0.3) is 0 Å². The van der Waals surface area contributed by atoms with E-state index in [1.54, 1.807) is 59.5 Å². The maximum atomic E-state index is 14.3. The number of nitrogens with zero attached hydrogens (tertiary/aromatic N) is 6. The molecule has 4 aromatic rings. The average molecular weight is 601 g/mol. The maximum Gasteiger partial charge on any atom is 0.244 e. The molecule has 2 aliphatic heterocycles. The third-order valence-corrected chi connectivity index (χ3v) is 10.3. The Kier molecular flexibility index (Phi) is 6.91. The average Bonchev–Trinajstić information content (AvgIpc) is 3.46. The van der Waals surface area contributed by atoms with Gasteiger partial charge < -0.3 is 9.64 Å². The van der Waals surface area contributed by atoms with E-state index >= 15 is 0 Å². The summed E-state index contributed by atoms with van der Waals surface area (Å²) in [4.78, 5) is 25.2. The van der Waals surface area contributed by atoms with Crippen LogP contribution in [0.2, 0.25) is 0 Å². The Bertz CT molecular complexity index is 1800. The van der Waals surface area contributed by atoms with Crippen LogP contribution >= 0.6 is 0 Å². The fraction of sp³-hybridized carbons (Fsp3) is 0.290. The minimum Gasteiger partial charge on any atom is -0.378 e. The number of ketones is 1. The van der Waals surface area contributed by atoms with Gasteiger partial charge in [0.2, 0.25) is 10.0 Å². The first-order valence-corrected chi connectivity index (χ1v) is 15.6. The molecular formula is C31H29FN6O4S. The van der Waals surface area contributed by atoms with Crippen LogP contribution in [0.1, 0.15) is 28.2 Å². The summed E-state index contributed by atoms with van der Waals surface area (Å²) in [6.07, 6.45) is 7.20. The van der Waals surface area contributed by atoms with Crippen molar-refractivity contribution in [2.75, 3.05) is 44.3 Å². The second kappa shape index (κ2) is 10.8. The van der Waals surface area contributed by atoms with E-state index in [4.69, 9.17) is 4.74 Å². The molecule has 0 spiro atoms. The molecule has 0 amide bonds. The van der Waals surface area contributed by atoms with Crippen LogP contribution in [0.15, 0.2) is 83.7 Å². The summed E-state index contributed by atoms with van der Waals surface area (Å²) < 4.78 is 50.1. The highest BCUT2D eigenvalue weighted by Gasteiger charge is 2.51. The molecule has 1 atom stereocenters. The van der Waals surface area contributed by atoms with E-state index < -0.39 is 15.4 Å². The summed E-state index contributed by atoms with van der Waals surface area (Å²) in [6.45, 7) is 2.75. The Morgan fingerprint density at radius 1 is 0.953 bits per heavy atom. The Hall–Kier alpha value is -4.26. The highest BCUT2D eigenvalue weighted by atomic mass is 32.2. The third-order valence-electron chi connectivity index (χ3n) is 8.48. The zero-order valence-corrected chi connectivity index (χ0v) is 24.1. The molecule has 220 valence electrons. The number of hydrogen-bond donors (Lipinski definition) is 0. The van der Waals surface area contributed by atoms with Crippen molar-refractivity contribution in [3.63, 3.8) is 0 Å². The van der Waals surface area contributed by atoms with E-state index in [-0.39, 0.29) is 41.7 Å². The normalized spacial score (nSPS) is 20.7. The van der Waals surface area contributed by atoms with Crippen molar-refractivity contribution in [2.24, 2.45) is 5.41 Å².